The first-order valence-electron chi connectivity index (χ1n) is 9.07. The highest BCUT2D eigenvalue weighted by Gasteiger charge is 2.20. The first-order valence-corrected chi connectivity index (χ1v) is 12.2. The molecule has 2 N–H and O–H groups in total. The molecular weight excluding hydrogens is 651 g/mol. The van der Waals surface area contributed by atoms with Gasteiger partial charge in [-0.05, 0) is 93.2 Å². The molecule has 0 atom stereocenters. The van der Waals surface area contributed by atoms with Gasteiger partial charge in [-0.2, -0.15) is 0 Å². The Kier molecular flexibility index (Phi) is 8.27. The van der Waals surface area contributed by atoms with E-state index in [-0.39, 0.29) is 10.6 Å². The van der Waals surface area contributed by atoms with E-state index in [4.69, 9.17) is 27.9 Å². The van der Waals surface area contributed by atoms with E-state index in [1.807, 2.05) is 12.1 Å². The van der Waals surface area contributed by atoms with E-state index in [1.165, 1.54) is 0 Å². The fourth-order valence-corrected chi connectivity index (χ4v) is 5.13. The van der Waals surface area contributed by atoms with Gasteiger partial charge in [-0.25, -0.2) is 4.79 Å². The number of imide groups is 1. The molecular formula is C22H15Br3Cl2N2O3. The molecule has 3 amide bonds. The first kappa shape index (κ1) is 25.1. The summed E-state index contributed by atoms with van der Waals surface area (Å²) in [5.74, 6) is 0.386. The third-order valence-electron chi connectivity index (χ3n) is 4.43. The van der Waals surface area contributed by atoms with Crippen molar-refractivity contribution in [3.63, 3.8) is 0 Å². The van der Waals surface area contributed by atoms with Gasteiger partial charge in [0, 0.05) is 14.6 Å². The van der Waals surface area contributed by atoms with Gasteiger partial charge in [-0.15, -0.1) is 0 Å². The molecule has 3 aromatic rings. The number of amides is 3. The number of anilines is 1. The molecule has 3 aromatic carbocycles. The topological polar surface area (TPSA) is 67.4 Å². The quantitative estimate of drug-likeness (QED) is 0.293. The smallest absolute Gasteiger partial charge is 0.326 e. The Balaban J connectivity index is 1.81. The van der Waals surface area contributed by atoms with Crippen molar-refractivity contribution in [1.82, 2.24) is 5.32 Å². The van der Waals surface area contributed by atoms with Gasteiger partial charge in [-0.1, -0.05) is 45.2 Å². The largest absolute Gasteiger partial charge is 0.455 e. The minimum Gasteiger partial charge on any atom is -0.455 e. The fourth-order valence-electron chi connectivity index (χ4n) is 2.89. The highest BCUT2D eigenvalue weighted by atomic mass is 79.9. The van der Waals surface area contributed by atoms with Crippen LogP contribution in [0.15, 0.2) is 55.9 Å². The van der Waals surface area contributed by atoms with Crippen molar-refractivity contribution in [3.05, 3.63) is 82.6 Å². The molecule has 0 saturated heterocycles. The van der Waals surface area contributed by atoms with E-state index in [9.17, 15) is 9.59 Å². The molecule has 0 spiro atoms. The predicted octanol–water partition coefficient (Wildman–Crippen LogP) is 8.65. The van der Waals surface area contributed by atoms with Gasteiger partial charge in [0.1, 0.15) is 11.5 Å². The highest BCUT2D eigenvalue weighted by molar-refractivity contribution is 9.11. The summed E-state index contributed by atoms with van der Waals surface area (Å²) >= 11 is 22.7. The van der Waals surface area contributed by atoms with Crippen molar-refractivity contribution >= 4 is 88.6 Å². The van der Waals surface area contributed by atoms with Crippen LogP contribution in [0.5, 0.6) is 11.5 Å². The summed E-state index contributed by atoms with van der Waals surface area (Å²) in [6.07, 6.45) is 0. The van der Waals surface area contributed by atoms with Crippen molar-refractivity contribution in [2.75, 3.05) is 5.32 Å². The number of hydrogen-bond donors (Lipinski definition) is 2. The van der Waals surface area contributed by atoms with Crippen LogP contribution in [-0.2, 0) is 0 Å². The molecule has 0 aliphatic heterocycles. The number of benzene rings is 3. The maximum absolute atomic E-state index is 12.5. The molecule has 0 heterocycles. The zero-order chi connectivity index (χ0) is 23.6. The lowest BCUT2D eigenvalue weighted by Crippen LogP contribution is -2.35. The lowest BCUT2D eigenvalue weighted by molar-refractivity contribution is 0.0966. The van der Waals surface area contributed by atoms with Gasteiger partial charge in [0.15, 0.2) is 0 Å². The number of carbonyl (C=O) groups is 2. The summed E-state index contributed by atoms with van der Waals surface area (Å²) in [4.78, 5) is 25.0. The number of carbonyl (C=O) groups excluding carboxylic acids is 2. The van der Waals surface area contributed by atoms with E-state index in [0.29, 0.717) is 37.8 Å². The third kappa shape index (κ3) is 5.66. The summed E-state index contributed by atoms with van der Waals surface area (Å²) in [5.41, 5.74) is 1.94. The Hall–Kier alpha value is -1.58. The molecule has 32 heavy (non-hydrogen) atoms. The van der Waals surface area contributed by atoms with Gasteiger partial charge in [0.05, 0.1) is 20.1 Å². The third-order valence-corrected chi connectivity index (χ3v) is 6.99. The molecule has 0 unspecified atom stereocenters. The molecule has 0 saturated carbocycles. The zero-order valence-electron chi connectivity index (χ0n) is 16.7. The lowest BCUT2D eigenvalue weighted by atomic mass is 10.1. The van der Waals surface area contributed by atoms with Crippen LogP contribution < -0.4 is 15.4 Å². The van der Waals surface area contributed by atoms with Gasteiger partial charge in [0.2, 0.25) is 0 Å². The second-order valence-electron chi connectivity index (χ2n) is 6.69. The highest BCUT2D eigenvalue weighted by Crippen LogP contribution is 2.40. The van der Waals surface area contributed by atoms with Crippen molar-refractivity contribution < 1.29 is 14.3 Å². The van der Waals surface area contributed by atoms with Crippen LogP contribution in [0.25, 0.3) is 0 Å². The molecule has 0 bridgehead atoms. The van der Waals surface area contributed by atoms with Crippen LogP contribution in [0.3, 0.4) is 0 Å². The van der Waals surface area contributed by atoms with Crippen LogP contribution in [-0.4, -0.2) is 11.9 Å². The van der Waals surface area contributed by atoms with Crippen molar-refractivity contribution in [2.45, 2.75) is 13.8 Å². The zero-order valence-corrected chi connectivity index (χ0v) is 22.9. The number of urea groups is 1. The Morgan fingerprint density at radius 3 is 2.31 bits per heavy atom. The van der Waals surface area contributed by atoms with Gasteiger partial charge >= 0.3 is 6.03 Å². The maximum Gasteiger partial charge on any atom is 0.326 e. The number of halogens is 5. The number of rotatable bonds is 4. The van der Waals surface area contributed by atoms with Crippen LogP contribution in [0, 0.1) is 13.8 Å². The lowest BCUT2D eigenvalue weighted by Gasteiger charge is -2.17. The van der Waals surface area contributed by atoms with E-state index >= 15 is 0 Å². The summed E-state index contributed by atoms with van der Waals surface area (Å²) in [6.45, 7) is 3.55. The average Bonchev–Trinajstić information content (AvgIpc) is 2.71. The van der Waals surface area contributed by atoms with Crippen molar-refractivity contribution in [1.29, 1.82) is 0 Å². The normalized spacial score (nSPS) is 10.6. The van der Waals surface area contributed by atoms with Crippen LogP contribution in [0.4, 0.5) is 10.5 Å². The van der Waals surface area contributed by atoms with Gasteiger partial charge in [0.25, 0.3) is 5.91 Å². The maximum atomic E-state index is 12.5. The van der Waals surface area contributed by atoms with E-state index in [2.05, 4.69) is 58.4 Å². The standard InChI is InChI=1S/C22H15Br3Cl2N2O3/c1-10-8-17(32-16-7-6-12(23)9-14(16)25)19(27)11(2)20(10)28-22(31)29-21(30)18-13(24)4-3-5-15(18)26/h3-9H,1-2H3,(H2,28,29,30,31). The van der Waals surface area contributed by atoms with Crippen molar-refractivity contribution in [2.24, 2.45) is 0 Å². The number of aryl methyl sites for hydroxylation is 1. The summed E-state index contributed by atoms with van der Waals surface area (Å²) in [7, 11) is 0. The Morgan fingerprint density at radius 1 is 0.938 bits per heavy atom. The molecule has 0 fully saturated rings. The van der Waals surface area contributed by atoms with Crippen LogP contribution in [0.1, 0.15) is 21.5 Å². The average molecular weight is 666 g/mol. The Labute approximate surface area is 220 Å². The van der Waals surface area contributed by atoms with Crippen LogP contribution >= 0.6 is 71.0 Å². The summed E-state index contributed by atoms with van der Waals surface area (Å²) in [5, 5.41) is 5.52. The Bertz CT molecular complexity index is 1220. The van der Waals surface area contributed by atoms with E-state index in [0.717, 1.165) is 8.95 Å². The molecule has 0 radical (unpaired) electrons. The molecule has 166 valence electrons. The monoisotopic (exact) mass is 662 g/mol. The van der Waals surface area contributed by atoms with Gasteiger partial charge in [-0.3, -0.25) is 10.1 Å². The van der Waals surface area contributed by atoms with Gasteiger partial charge < -0.3 is 10.1 Å². The minimum atomic E-state index is -0.714. The number of nitrogens with one attached hydrogen (secondary N) is 2. The Morgan fingerprint density at radius 2 is 1.66 bits per heavy atom. The van der Waals surface area contributed by atoms with E-state index in [1.54, 1.807) is 44.2 Å². The first-order chi connectivity index (χ1) is 15.1. The summed E-state index contributed by atoms with van der Waals surface area (Å²) < 4.78 is 8.10. The molecule has 5 nitrogen and oxygen atoms in total. The second-order valence-corrected chi connectivity index (χ2v) is 10.1. The summed E-state index contributed by atoms with van der Waals surface area (Å²) in [6, 6.07) is 11.4. The van der Waals surface area contributed by atoms with Crippen LogP contribution in [0.2, 0.25) is 10.0 Å². The second kappa shape index (κ2) is 10.6. The van der Waals surface area contributed by atoms with E-state index < -0.39 is 11.9 Å². The number of hydrogen-bond acceptors (Lipinski definition) is 3. The van der Waals surface area contributed by atoms with Crippen molar-refractivity contribution in [3.8, 4) is 11.5 Å². The number of ether oxygens (including phenoxy) is 1. The molecule has 0 aromatic heterocycles. The molecule has 0 aliphatic rings. The molecule has 10 heteroatoms. The molecule has 3 rings (SSSR count). The fraction of sp³-hybridized carbons (Fsp3) is 0.0909. The minimum absolute atomic E-state index is 0.166. The predicted molar refractivity (Wildman–Crippen MR) is 138 cm³/mol. The molecule has 0 aliphatic carbocycles. The SMILES string of the molecule is Cc1cc(Oc2ccc(Br)cc2Br)c(Cl)c(C)c1NC(=O)NC(=O)c1c(Cl)cccc1Br.